The zero-order chi connectivity index (χ0) is 12.8. The normalized spacial score (nSPS) is 18.8. The minimum absolute atomic E-state index is 0.626. The Morgan fingerprint density at radius 2 is 2.00 bits per heavy atom. The van der Waals surface area contributed by atoms with E-state index in [1.165, 1.54) is 29.2 Å². The number of halogens is 1. The summed E-state index contributed by atoms with van der Waals surface area (Å²) in [5.74, 6) is 2.65. The van der Waals surface area contributed by atoms with Crippen LogP contribution in [0, 0.1) is 0 Å². The van der Waals surface area contributed by atoms with Gasteiger partial charge in [0.25, 0.3) is 0 Å². The summed E-state index contributed by atoms with van der Waals surface area (Å²) >= 11 is 7.51. The second-order valence-electron chi connectivity index (χ2n) is 4.68. The summed E-state index contributed by atoms with van der Waals surface area (Å²) in [6.45, 7) is 3.41. The van der Waals surface area contributed by atoms with Crippen LogP contribution in [0.3, 0.4) is 0 Å². The van der Waals surface area contributed by atoms with Gasteiger partial charge in [0.1, 0.15) is 0 Å². The molecule has 0 amide bonds. The van der Waals surface area contributed by atoms with Gasteiger partial charge in [-0.1, -0.05) is 22.9 Å². The molecule has 0 aliphatic carbocycles. The van der Waals surface area contributed by atoms with Gasteiger partial charge in [-0.05, 0) is 48.6 Å². The lowest BCUT2D eigenvalue weighted by Gasteiger charge is -2.24. The van der Waals surface area contributed by atoms with Crippen molar-refractivity contribution in [2.45, 2.75) is 36.0 Å². The van der Waals surface area contributed by atoms with Gasteiger partial charge in [0, 0.05) is 27.2 Å². The molecule has 1 saturated heterocycles. The average Bonchev–Trinajstić information content (AvgIpc) is 2.40. The van der Waals surface area contributed by atoms with E-state index in [0.29, 0.717) is 5.25 Å². The first kappa shape index (κ1) is 14.8. The summed E-state index contributed by atoms with van der Waals surface area (Å²) in [6, 6.07) is 9.34. The smallest absolute Gasteiger partial charge is 0.0191 e. The van der Waals surface area contributed by atoms with Gasteiger partial charge in [-0.15, -0.1) is 11.8 Å². The minimum atomic E-state index is 0.626. The van der Waals surface area contributed by atoms with E-state index in [1.54, 1.807) is 0 Å². The van der Waals surface area contributed by atoms with Gasteiger partial charge in [-0.2, -0.15) is 11.8 Å². The van der Waals surface area contributed by atoms with Crippen molar-refractivity contribution in [3.05, 3.63) is 28.7 Å². The highest BCUT2D eigenvalue weighted by Gasteiger charge is 2.14. The average molecular weight is 346 g/mol. The van der Waals surface area contributed by atoms with E-state index in [2.05, 4.69) is 64.2 Å². The molecule has 0 spiro atoms. The van der Waals surface area contributed by atoms with Crippen molar-refractivity contribution in [2.75, 3.05) is 18.1 Å². The van der Waals surface area contributed by atoms with E-state index in [4.69, 9.17) is 0 Å². The highest BCUT2D eigenvalue weighted by atomic mass is 79.9. The highest BCUT2D eigenvalue weighted by molar-refractivity contribution is 9.10. The van der Waals surface area contributed by atoms with Crippen LogP contribution in [0.1, 0.15) is 19.8 Å². The predicted octanol–water partition coefficient (Wildman–Crippen LogP) is 4.41. The second-order valence-corrected chi connectivity index (χ2v) is 8.33. The summed E-state index contributed by atoms with van der Waals surface area (Å²) in [5.41, 5.74) is 0. The third-order valence-corrected chi connectivity index (χ3v) is 5.76. The van der Waals surface area contributed by atoms with E-state index >= 15 is 0 Å². The van der Waals surface area contributed by atoms with Crippen molar-refractivity contribution < 1.29 is 0 Å². The molecule has 100 valence electrons. The van der Waals surface area contributed by atoms with Crippen LogP contribution in [0.2, 0.25) is 0 Å². The molecule has 0 bridgehead atoms. The van der Waals surface area contributed by atoms with E-state index in [0.717, 1.165) is 17.1 Å². The summed E-state index contributed by atoms with van der Waals surface area (Å²) in [4.78, 5) is 1.35. The lowest BCUT2D eigenvalue weighted by atomic mass is 10.1. The fourth-order valence-electron chi connectivity index (χ4n) is 2.02. The predicted molar refractivity (Wildman–Crippen MR) is 87.8 cm³/mol. The van der Waals surface area contributed by atoms with Gasteiger partial charge in [0.05, 0.1) is 0 Å². The van der Waals surface area contributed by atoms with Gasteiger partial charge in [-0.25, -0.2) is 0 Å². The van der Waals surface area contributed by atoms with E-state index in [9.17, 15) is 0 Å². The van der Waals surface area contributed by atoms with E-state index < -0.39 is 0 Å². The standard InChI is InChI=1S/C14H20BrNS2/c1-11(10-16-13-6-8-17-9-7-13)18-14-4-2-12(15)3-5-14/h2-5,11,13,16H,6-10H2,1H3. The van der Waals surface area contributed by atoms with Crippen LogP contribution >= 0.6 is 39.5 Å². The Labute approximate surface area is 127 Å². The molecular weight excluding hydrogens is 326 g/mol. The summed E-state index contributed by atoms with van der Waals surface area (Å²) in [6.07, 6.45) is 2.67. The topological polar surface area (TPSA) is 12.0 Å². The van der Waals surface area contributed by atoms with Gasteiger partial charge in [-0.3, -0.25) is 0 Å². The minimum Gasteiger partial charge on any atom is -0.313 e. The number of thioether (sulfide) groups is 2. The Hall–Kier alpha value is 0.360. The Balaban J connectivity index is 1.71. The van der Waals surface area contributed by atoms with Crippen molar-refractivity contribution in [1.29, 1.82) is 0 Å². The van der Waals surface area contributed by atoms with Crippen molar-refractivity contribution in [2.24, 2.45) is 0 Å². The summed E-state index contributed by atoms with van der Waals surface area (Å²) in [7, 11) is 0. The molecule has 0 saturated carbocycles. The fourth-order valence-corrected chi connectivity index (χ4v) is 4.33. The van der Waals surface area contributed by atoms with Crippen molar-refractivity contribution >= 4 is 39.5 Å². The van der Waals surface area contributed by atoms with Crippen LogP contribution < -0.4 is 5.32 Å². The second kappa shape index (κ2) is 7.83. The van der Waals surface area contributed by atoms with Crippen LogP contribution in [0.5, 0.6) is 0 Å². The molecule has 0 aromatic heterocycles. The number of hydrogen-bond donors (Lipinski definition) is 1. The molecular formula is C14H20BrNS2. The van der Waals surface area contributed by atoms with E-state index in [1.807, 2.05) is 11.8 Å². The molecule has 18 heavy (non-hydrogen) atoms. The third kappa shape index (κ3) is 5.16. The Kier molecular flexibility index (Phi) is 6.42. The first-order chi connectivity index (χ1) is 8.74. The number of rotatable bonds is 5. The largest absolute Gasteiger partial charge is 0.313 e. The fraction of sp³-hybridized carbons (Fsp3) is 0.571. The Morgan fingerprint density at radius 1 is 1.33 bits per heavy atom. The molecule has 2 rings (SSSR count). The molecule has 1 aromatic rings. The molecule has 4 heteroatoms. The summed E-state index contributed by atoms with van der Waals surface area (Å²) in [5, 5.41) is 4.34. The van der Waals surface area contributed by atoms with Crippen molar-refractivity contribution in [3.8, 4) is 0 Å². The lowest BCUT2D eigenvalue weighted by Crippen LogP contribution is -2.36. The van der Waals surface area contributed by atoms with Crippen molar-refractivity contribution in [1.82, 2.24) is 5.32 Å². The van der Waals surface area contributed by atoms with Gasteiger partial charge in [0.15, 0.2) is 0 Å². The maximum Gasteiger partial charge on any atom is 0.0191 e. The van der Waals surface area contributed by atoms with Crippen LogP contribution in [-0.2, 0) is 0 Å². The third-order valence-electron chi connectivity index (χ3n) is 3.07. The molecule has 1 aromatic carbocycles. The van der Waals surface area contributed by atoms with Gasteiger partial charge < -0.3 is 5.32 Å². The maximum absolute atomic E-state index is 3.71. The molecule has 1 heterocycles. The SMILES string of the molecule is CC(CNC1CCSCC1)Sc1ccc(Br)cc1. The molecule has 1 atom stereocenters. The van der Waals surface area contributed by atoms with Crippen LogP contribution in [0.25, 0.3) is 0 Å². The first-order valence-electron chi connectivity index (χ1n) is 6.47. The molecule has 1 N–H and O–H groups in total. The molecule has 1 aliphatic heterocycles. The number of benzene rings is 1. The van der Waals surface area contributed by atoms with Gasteiger partial charge in [0.2, 0.25) is 0 Å². The zero-order valence-electron chi connectivity index (χ0n) is 10.7. The van der Waals surface area contributed by atoms with Crippen molar-refractivity contribution in [3.63, 3.8) is 0 Å². The first-order valence-corrected chi connectivity index (χ1v) is 9.30. The van der Waals surface area contributed by atoms with Crippen LogP contribution in [0.15, 0.2) is 33.6 Å². The number of hydrogen-bond acceptors (Lipinski definition) is 3. The summed E-state index contributed by atoms with van der Waals surface area (Å²) < 4.78 is 1.15. The molecule has 1 unspecified atom stereocenters. The molecule has 1 nitrogen and oxygen atoms in total. The monoisotopic (exact) mass is 345 g/mol. The molecule has 0 radical (unpaired) electrons. The van der Waals surface area contributed by atoms with E-state index in [-0.39, 0.29) is 0 Å². The van der Waals surface area contributed by atoms with Gasteiger partial charge >= 0.3 is 0 Å². The maximum atomic E-state index is 3.71. The van der Waals surface area contributed by atoms with Crippen LogP contribution in [-0.4, -0.2) is 29.3 Å². The quantitative estimate of drug-likeness (QED) is 0.793. The highest BCUT2D eigenvalue weighted by Crippen LogP contribution is 2.25. The molecule has 1 aliphatic rings. The lowest BCUT2D eigenvalue weighted by molar-refractivity contribution is 0.486. The van der Waals surface area contributed by atoms with Crippen LogP contribution in [0.4, 0.5) is 0 Å². The Bertz CT molecular complexity index is 349. The zero-order valence-corrected chi connectivity index (χ0v) is 13.9. The molecule has 1 fully saturated rings. The number of nitrogens with one attached hydrogen (secondary N) is 1. The Morgan fingerprint density at radius 3 is 2.67 bits per heavy atom.